The number of hydrogen-bond acceptors (Lipinski definition) is 4. The number of thioether (sulfide) groups is 1. The van der Waals surface area contributed by atoms with Gasteiger partial charge in [-0.05, 0) is 31.4 Å². The van der Waals surface area contributed by atoms with Gasteiger partial charge in [0, 0.05) is 5.25 Å². The van der Waals surface area contributed by atoms with Crippen LogP contribution in [0, 0.1) is 5.41 Å². The molecule has 0 aromatic rings. The van der Waals surface area contributed by atoms with Crippen LogP contribution >= 0.6 is 11.8 Å². The van der Waals surface area contributed by atoms with Crippen LogP contribution in [0.25, 0.3) is 0 Å². The second kappa shape index (κ2) is 4.51. The Morgan fingerprint density at radius 2 is 2.05 bits per heavy atom. The number of nitrogens with one attached hydrogen (secondary N) is 1. The highest BCUT2D eigenvalue weighted by Crippen LogP contribution is 2.50. The predicted molar refractivity (Wildman–Crippen MR) is 71.6 cm³/mol. The molecule has 0 aromatic carbocycles. The molecule has 1 spiro atoms. The minimum atomic E-state index is -0.905. The lowest BCUT2D eigenvalue weighted by molar-refractivity contribution is -0.146. The Morgan fingerprint density at radius 3 is 2.68 bits per heavy atom. The maximum absolute atomic E-state index is 12.5. The highest BCUT2D eigenvalue weighted by Gasteiger charge is 2.63. The summed E-state index contributed by atoms with van der Waals surface area (Å²) in [5.74, 6) is 0.334. The summed E-state index contributed by atoms with van der Waals surface area (Å²) in [5.41, 5.74) is -0.905. The first-order chi connectivity index (χ1) is 9.10. The normalized spacial score (nSPS) is 32.9. The first-order valence-corrected chi connectivity index (χ1v) is 7.95. The van der Waals surface area contributed by atoms with Crippen molar-refractivity contribution in [2.24, 2.45) is 5.41 Å². The molecule has 5 nitrogen and oxygen atoms in total. The van der Waals surface area contributed by atoms with E-state index in [0.29, 0.717) is 18.1 Å². The smallest absolute Gasteiger partial charge is 0.277 e. The Bertz CT molecular complexity index is 447. The van der Waals surface area contributed by atoms with Crippen LogP contribution in [0.1, 0.15) is 39.0 Å². The summed E-state index contributed by atoms with van der Waals surface area (Å²) in [5, 5.41) is 2.69. The van der Waals surface area contributed by atoms with Crippen molar-refractivity contribution >= 4 is 29.6 Å². The van der Waals surface area contributed by atoms with Crippen LogP contribution in [0.3, 0.4) is 0 Å². The second-order valence-electron chi connectivity index (χ2n) is 5.51. The maximum Gasteiger partial charge on any atom is 0.331 e. The molecule has 1 aliphatic heterocycles. The van der Waals surface area contributed by atoms with Gasteiger partial charge in [0.2, 0.25) is 11.8 Å². The third-order valence-corrected chi connectivity index (χ3v) is 5.69. The Balaban J connectivity index is 1.84. The first-order valence-electron chi connectivity index (χ1n) is 6.91. The van der Waals surface area contributed by atoms with Crippen LogP contribution in [0.15, 0.2) is 0 Å². The summed E-state index contributed by atoms with van der Waals surface area (Å²) >= 11 is 1.81. The van der Waals surface area contributed by atoms with E-state index in [2.05, 4.69) is 12.2 Å². The molecule has 0 bridgehead atoms. The average Bonchev–Trinajstić information content (AvgIpc) is 3.06. The zero-order valence-electron chi connectivity index (χ0n) is 11.0. The van der Waals surface area contributed by atoms with Gasteiger partial charge in [0.25, 0.3) is 0 Å². The van der Waals surface area contributed by atoms with Crippen molar-refractivity contribution in [1.29, 1.82) is 0 Å². The Morgan fingerprint density at radius 1 is 1.32 bits per heavy atom. The molecule has 3 aliphatic rings. The molecular formula is C13H18N2O3S. The van der Waals surface area contributed by atoms with Crippen molar-refractivity contribution in [3.63, 3.8) is 0 Å². The lowest BCUT2D eigenvalue weighted by Gasteiger charge is -2.36. The minimum Gasteiger partial charge on any atom is -0.277 e. The largest absolute Gasteiger partial charge is 0.331 e. The first kappa shape index (κ1) is 13.0. The number of nitrogens with zero attached hydrogens (tertiary/aromatic N) is 1. The number of carbonyl (C=O) groups excluding carboxylic acids is 3. The molecule has 4 amide bonds. The number of carbonyl (C=O) groups is 3. The van der Waals surface area contributed by atoms with E-state index < -0.39 is 17.4 Å². The number of rotatable bonds is 3. The zero-order chi connectivity index (χ0) is 13.6. The Kier molecular flexibility index (Phi) is 3.08. The van der Waals surface area contributed by atoms with Crippen molar-refractivity contribution < 1.29 is 14.4 Å². The lowest BCUT2D eigenvalue weighted by atomic mass is 10.00. The van der Waals surface area contributed by atoms with E-state index in [1.807, 2.05) is 11.8 Å². The molecule has 19 heavy (non-hydrogen) atoms. The number of urea groups is 1. The van der Waals surface area contributed by atoms with E-state index in [-0.39, 0.29) is 11.9 Å². The topological polar surface area (TPSA) is 66.5 Å². The molecular weight excluding hydrogens is 264 g/mol. The number of hydrogen-bond donors (Lipinski definition) is 1. The van der Waals surface area contributed by atoms with Crippen LogP contribution in [-0.2, 0) is 9.59 Å². The fraction of sp³-hybridized carbons (Fsp3) is 0.769. The fourth-order valence-electron chi connectivity index (χ4n) is 3.17. The van der Waals surface area contributed by atoms with Gasteiger partial charge >= 0.3 is 6.03 Å². The van der Waals surface area contributed by atoms with Crippen LogP contribution in [0.4, 0.5) is 4.79 Å². The summed E-state index contributed by atoms with van der Waals surface area (Å²) in [7, 11) is 0. The molecule has 0 aromatic heterocycles. The van der Waals surface area contributed by atoms with Gasteiger partial charge in [0.15, 0.2) is 0 Å². The lowest BCUT2D eigenvalue weighted by Crippen LogP contribution is -2.62. The van der Waals surface area contributed by atoms with Gasteiger partial charge in [-0.2, -0.15) is 11.8 Å². The molecule has 2 saturated carbocycles. The molecule has 104 valence electrons. The molecule has 1 heterocycles. The van der Waals surface area contributed by atoms with Crippen LogP contribution in [0.2, 0.25) is 0 Å². The standard InChI is InChI=1S/C13H18N2O3S/c1-2-19-9-5-3-4-8(9)15-11(17)13(6-7-13)10(16)14-12(15)18/h8-9H,2-7H2,1H3,(H,14,16,18). The van der Waals surface area contributed by atoms with Gasteiger partial charge in [-0.1, -0.05) is 13.3 Å². The molecule has 1 saturated heterocycles. The molecule has 2 atom stereocenters. The van der Waals surface area contributed by atoms with Gasteiger partial charge < -0.3 is 0 Å². The second-order valence-corrected chi connectivity index (χ2v) is 7.02. The quantitative estimate of drug-likeness (QED) is 0.797. The van der Waals surface area contributed by atoms with Crippen molar-refractivity contribution in [3.05, 3.63) is 0 Å². The number of imide groups is 2. The molecule has 2 aliphatic carbocycles. The van der Waals surface area contributed by atoms with Gasteiger partial charge in [0.1, 0.15) is 5.41 Å². The minimum absolute atomic E-state index is 0.0389. The molecule has 2 unspecified atom stereocenters. The van der Waals surface area contributed by atoms with Gasteiger partial charge in [0.05, 0.1) is 6.04 Å². The van der Waals surface area contributed by atoms with Gasteiger partial charge in [-0.15, -0.1) is 0 Å². The van der Waals surface area contributed by atoms with Gasteiger partial charge in [-0.25, -0.2) is 4.79 Å². The van der Waals surface area contributed by atoms with E-state index in [1.165, 1.54) is 4.90 Å². The summed E-state index contributed by atoms with van der Waals surface area (Å²) in [4.78, 5) is 37.7. The highest BCUT2D eigenvalue weighted by molar-refractivity contribution is 7.99. The number of amides is 4. The third-order valence-electron chi connectivity index (χ3n) is 4.38. The maximum atomic E-state index is 12.5. The average molecular weight is 282 g/mol. The van der Waals surface area contributed by atoms with Crippen molar-refractivity contribution in [2.75, 3.05) is 5.75 Å². The summed E-state index contributed by atoms with van der Waals surface area (Å²) in [6, 6.07) is -0.552. The monoisotopic (exact) mass is 282 g/mol. The van der Waals surface area contributed by atoms with Crippen LogP contribution < -0.4 is 5.32 Å². The van der Waals surface area contributed by atoms with E-state index in [0.717, 1.165) is 25.0 Å². The summed E-state index contributed by atoms with van der Waals surface area (Å²) in [6.45, 7) is 2.09. The SMILES string of the molecule is CCSC1CCCC1N1C(=O)NC(=O)C2(CC2)C1=O. The van der Waals surface area contributed by atoms with Gasteiger partial charge in [-0.3, -0.25) is 19.8 Å². The molecule has 0 radical (unpaired) electrons. The van der Waals surface area contributed by atoms with E-state index >= 15 is 0 Å². The number of barbiturate groups is 1. The van der Waals surface area contributed by atoms with E-state index in [1.54, 1.807) is 0 Å². The molecule has 1 N–H and O–H groups in total. The Hall–Kier alpha value is -1.04. The van der Waals surface area contributed by atoms with Crippen LogP contribution in [0.5, 0.6) is 0 Å². The molecule has 6 heteroatoms. The predicted octanol–water partition coefficient (Wildman–Crippen LogP) is 1.52. The third kappa shape index (κ3) is 1.88. The summed E-state index contributed by atoms with van der Waals surface area (Å²) < 4.78 is 0. The van der Waals surface area contributed by atoms with Crippen molar-refractivity contribution in [3.8, 4) is 0 Å². The molecule has 3 rings (SSSR count). The van der Waals surface area contributed by atoms with E-state index in [9.17, 15) is 14.4 Å². The van der Waals surface area contributed by atoms with Crippen molar-refractivity contribution in [2.45, 2.75) is 50.3 Å². The van der Waals surface area contributed by atoms with Crippen LogP contribution in [-0.4, -0.2) is 39.8 Å². The summed E-state index contributed by atoms with van der Waals surface area (Å²) in [6.07, 6.45) is 4.11. The fourth-order valence-corrected chi connectivity index (χ4v) is 4.42. The van der Waals surface area contributed by atoms with E-state index in [4.69, 9.17) is 0 Å². The molecule has 3 fully saturated rings. The Labute approximate surface area is 116 Å². The highest BCUT2D eigenvalue weighted by atomic mass is 32.2. The zero-order valence-corrected chi connectivity index (χ0v) is 11.8. The van der Waals surface area contributed by atoms with Crippen molar-refractivity contribution in [1.82, 2.24) is 10.2 Å².